The topological polar surface area (TPSA) is 63.2 Å². The maximum Gasteiger partial charge on any atom is 0.310 e. The smallest absolute Gasteiger partial charge is 0.310 e. The van der Waals surface area contributed by atoms with Crippen LogP contribution in [0.25, 0.3) is 0 Å². The first-order valence-electron chi connectivity index (χ1n) is 7.94. The Morgan fingerprint density at radius 1 is 1.48 bits per heavy atom. The summed E-state index contributed by atoms with van der Waals surface area (Å²) in [5.41, 5.74) is 0. The van der Waals surface area contributed by atoms with Crippen molar-refractivity contribution in [3.05, 3.63) is 0 Å². The number of carbonyl (C=O) groups excluding carboxylic acids is 1. The normalized spacial score (nSPS) is 26.8. The molecule has 0 aromatic rings. The number of guanidine groups is 1. The lowest BCUT2D eigenvalue weighted by molar-refractivity contribution is -0.149. The fraction of sp³-hybridized carbons (Fsp3) is 0.867. The van der Waals surface area contributed by atoms with Gasteiger partial charge in [-0.15, -0.1) is 0 Å². The minimum absolute atomic E-state index is 0.0351. The molecule has 2 saturated heterocycles. The van der Waals surface area contributed by atoms with E-state index in [1.165, 1.54) is 0 Å². The Kier molecular flexibility index (Phi) is 6.29. The average molecular weight is 297 g/mol. The van der Waals surface area contributed by atoms with E-state index in [0.29, 0.717) is 19.1 Å². The van der Waals surface area contributed by atoms with E-state index >= 15 is 0 Å². The van der Waals surface area contributed by atoms with Gasteiger partial charge in [-0.3, -0.25) is 9.79 Å². The van der Waals surface area contributed by atoms with Crippen LogP contribution in [0, 0.1) is 11.8 Å². The van der Waals surface area contributed by atoms with Crippen molar-refractivity contribution in [2.75, 3.05) is 46.5 Å². The second-order valence-electron chi connectivity index (χ2n) is 5.69. The number of nitrogens with zero attached hydrogens (tertiary/aromatic N) is 2. The van der Waals surface area contributed by atoms with E-state index in [2.05, 4.69) is 15.2 Å². The van der Waals surface area contributed by atoms with Gasteiger partial charge in [0.05, 0.1) is 19.1 Å². The van der Waals surface area contributed by atoms with Crippen molar-refractivity contribution in [3.63, 3.8) is 0 Å². The Morgan fingerprint density at radius 2 is 2.33 bits per heavy atom. The van der Waals surface area contributed by atoms with Crippen LogP contribution in [0.2, 0.25) is 0 Å². The lowest BCUT2D eigenvalue weighted by atomic mass is 9.98. The van der Waals surface area contributed by atoms with Gasteiger partial charge in [0.1, 0.15) is 0 Å². The number of rotatable bonds is 4. The third-order valence-corrected chi connectivity index (χ3v) is 4.13. The van der Waals surface area contributed by atoms with Crippen LogP contribution in [0.3, 0.4) is 0 Å². The summed E-state index contributed by atoms with van der Waals surface area (Å²) >= 11 is 0. The van der Waals surface area contributed by atoms with E-state index in [-0.39, 0.29) is 11.9 Å². The molecule has 2 fully saturated rings. The highest BCUT2D eigenvalue weighted by Gasteiger charge is 2.28. The predicted octanol–water partition coefficient (Wildman–Crippen LogP) is 0.873. The molecule has 21 heavy (non-hydrogen) atoms. The molecule has 0 aromatic carbocycles. The molecule has 0 amide bonds. The zero-order valence-corrected chi connectivity index (χ0v) is 13.1. The van der Waals surface area contributed by atoms with E-state index in [1.54, 1.807) is 7.05 Å². The van der Waals surface area contributed by atoms with Gasteiger partial charge in [0, 0.05) is 39.2 Å². The number of ether oxygens (including phenoxy) is 2. The van der Waals surface area contributed by atoms with Crippen molar-refractivity contribution in [1.29, 1.82) is 0 Å². The summed E-state index contributed by atoms with van der Waals surface area (Å²) in [5.74, 6) is 1.33. The van der Waals surface area contributed by atoms with E-state index in [1.807, 2.05) is 6.92 Å². The number of carbonyl (C=O) groups is 1. The SMILES string of the molecule is CCOC(=O)C1CCCN(C(=NC)NCC2CCOC2)C1. The first-order chi connectivity index (χ1) is 10.2. The van der Waals surface area contributed by atoms with Crippen LogP contribution in [0.5, 0.6) is 0 Å². The molecule has 2 aliphatic heterocycles. The van der Waals surface area contributed by atoms with Crippen molar-refractivity contribution in [2.45, 2.75) is 26.2 Å². The molecular formula is C15H27N3O3. The van der Waals surface area contributed by atoms with E-state index in [0.717, 1.165) is 51.5 Å². The van der Waals surface area contributed by atoms with Crippen LogP contribution >= 0.6 is 0 Å². The average Bonchev–Trinajstić information content (AvgIpc) is 3.02. The molecule has 6 nitrogen and oxygen atoms in total. The highest BCUT2D eigenvalue weighted by Crippen LogP contribution is 2.18. The maximum atomic E-state index is 11.9. The number of aliphatic imine (C=N–C) groups is 1. The first kappa shape index (κ1) is 16.1. The fourth-order valence-corrected chi connectivity index (χ4v) is 2.93. The van der Waals surface area contributed by atoms with Crippen molar-refractivity contribution < 1.29 is 14.3 Å². The minimum Gasteiger partial charge on any atom is -0.466 e. The van der Waals surface area contributed by atoms with Gasteiger partial charge in [0.15, 0.2) is 5.96 Å². The zero-order valence-electron chi connectivity index (χ0n) is 13.1. The van der Waals surface area contributed by atoms with Crippen LogP contribution in [0.1, 0.15) is 26.2 Å². The molecule has 2 unspecified atom stereocenters. The molecule has 0 bridgehead atoms. The summed E-state index contributed by atoms with van der Waals surface area (Å²) in [6.45, 7) is 6.51. The Labute approximate surface area is 126 Å². The second-order valence-corrected chi connectivity index (χ2v) is 5.69. The minimum atomic E-state index is -0.0816. The summed E-state index contributed by atoms with van der Waals surface area (Å²) in [7, 11) is 1.79. The van der Waals surface area contributed by atoms with E-state index < -0.39 is 0 Å². The molecule has 0 aliphatic carbocycles. The molecule has 2 heterocycles. The molecule has 120 valence electrons. The molecule has 1 N–H and O–H groups in total. The standard InChI is InChI=1S/C15H27N3O3/c1-3-21-14(19)13-5-4-7-18(10-13)15(16-2)17-9-12-6-8-20-11-12/h12-13H,3-11H2,1-2H3,(H,16,17). The third-order valence-electron chi connectivity index (χ3n) is 4.13. The first-order valence-corrected chi connectivity index (χ1v) is 7.94. The van der Waals surface area contributed by atoms with Crippen molar-refractivity contribution in [3.8, 4) is 0 Å². The second kappa shape index (κ2) is 8.22. The van der Waals surface area contributed by atoms with Gasteiger partial charge >= 0.3 is 5.97 Å². The molecular weight excluding hydrogens is 270 g/mol. The van der Waals surface area contributed by atoms with Crippen molar-refractivity contribution in [2.24, 2.45) is 16.8 Å². The lowest BCUT2D eigenvalue weighted by Gasteiger charge is -2.34. The quantitative estimate of drug-likeness (QED) is 0.474. The zero-order chi connectivity index (χ0) is 15.1. The predicted molar refractivity (Wildman–Crippen MR) is 81.2 cm³/mol. The fourth-order valence-electron chi connectivity index (χ4n) is 2.93. The molecule has 2 aliphatic rings. The van der Waals surface area contributed by atoms with Gasteiger partial charge in [-0.2, -0.15) is 0 Å². The largest absolute Gasteiger partial charge is 0.466 e. The van der Waals surface area contributed by atoms with Crippen molar-refractivity contribution >= 4 is 11.9 Å². The van der Waals surface area contributed by atoms with Crippen LogP contribution < -0.4 is 5.32 Å². The summed E-state index contributed by atoms with van der Waals surface area (Å²) in [5, 5.41) is 3.42. The maximum absolute atomic E-state index is 11.9. The molecule has 0 saturated carbocycles. The Hall–Kier alpha value is -1.30. The molecule has 6 heteroatoms. The van der Waals surface area contributed by atoms with Gasteiger partial charge in [0.25, 0.3) is 0 Å². The Bertz CT molecular complexity index is 367. The van der Waals surface area contributed by atoms with Gasteiger partial charge < -0.3 is 19.7 Å². The molecule has 0 aromatic heterocycles. The van der Waals surface area contributed by atoms with E-state index in [4.69, 9.17) is 9.47 Å². The van der Waals surface area contributed by atoms with Crippen LogP contribution in [-0.2, 0) is 14.3 Å². The molecule has 0 radical (unpaired) electrons. The molecule has 2 rings (SSSR count). The highest BCUT2D eigenvalue weighted by atomic mass is 16.5. The monoisotopic (exact) mass is 297 g/mol. The lowest BCUT2D eigenvalue weighted by Crippen LogP contribution is -2.49. The number of nitrogens with one attached hydrogen (secondary N) is 1. The van der Waals surface area contributed by atoms with Gasteiger partial charge in [0.2, 0.25) is 0 Å². The van der Waals surface area contributed by atoms with Gasteiger partial charge in [-0.25, -0.2) is 0 Å². The van der Waals surface area contributed by atoms with Crippen LogP contribution in [-0.4, -0.2) is 63.3 Å². The third kappa shape index (κ3) is 4.59. The molecule has 2 atom stereocenters. The number of hydrogen-bond acceptors (Lipinski definition) is 4. The highest BCUT2D eigenvalue weighted by molar-refractivity contribution is 5.81. The van der Waals surface area contributed by atoms with Gasteiger partial charge in [-0.1, -0.05) is 0 Å². The summed E-state index contributed by atoms with van der Waals surface area (Å²) in [4.78, 5) is 18.4. The van der Waals surface area contributed by atoms with Crippen LogP contribution in [0.4, 0.5) is 0 Å². The van der Waals surface area contributed by atoms with Gasteiger partial charge in [-0.05, 0) is 26.2 Å². The summed E-state index contributed by atoms with van der Waals surface area (Å²) in [6, 6.07) is 0. The Balaban J connectivity index is 1.84. The number of likely N-dealkylation sites (tertiary alicyclic amines) is 1. The molecule has 0 spiro atoms. The number of esters is 1. The van der Waals surface area contributed by atoms with E-state index in [9.17, 15) is 4.79 Å². The summed E-state index contributed by atoms with van der Waals surface area (Å²) < 4.78 is 10.5. The number of piperidine rings is 1. The Morgan fingerprint density at radius 3 is 3.00 bits per heavy atom. The van der Waals surface area contributed by atoms with Crippen LogP contribution in [0.15, 0.2) is 4.99 Å². The summed E-state index contributed by atoms with van der Waals surface area (Å²) in [6.07, 6.45) is 3.01. The van der Waals surface area contributed by atoms with Crippen molar-refractivity contribution in [1.82, 2.24) is 10.2 Å². The number of hydrogen-bond donors (Lipinski definition) is 1.